The lowest BCUT2D eigenvalue weighted by atomic mass is 10.2. The molecule has 2 rings (SSSR count). The molecule has 2 aromatic rings. The van der Waals surface area contributed by atoms with Gasteiger partial charge in [-0.1, -0.05) is 17.7 Å². The maximum Gasteiger partial charge on any atom is 0.258 e. The second-order valence-electron chi connectivity index (χ2n) is 3.42. The Morgan fingerprint density at radius 3 is 2.89 bits per heavy atom. The van der Waals surface area contributed by atoms with Gasteiger partial charge in [0.05, 0.1) is 10.0 Å². The molecule has 92 valence electrons. The third kappa shape index (κ3) is 2.86. The fourth-order valence-electron chi connectivity index (χ4n) is 1.36. The second-order valence-corrected chi connectivity index (χ2v) is 4.66. The Hall–Kier alpha value is -1.46. The van der Waals surface area contributed by atoms with Crippen LogP contribution in [0.3, 0.4) is 0 Å². The van der Waals surface area contributed by atoms with Gasteiger partial charge in [-0.05, 0) is 40.2 Å². The molecule has 6 heteroatoms. The maximum absolute atomic E-state index is 13.7. The fraction of sp³-hybridized carbons (Fsp3) is 0. The molecule has 0 aliphatic heterocycles. The molecular formula is C12H7BrClFN2O. The lowest BCUT2D eigenvalue weighted by Gasteiger charge is -2.06. The topological polar surface area (TPSA) is 42.0 Å². The molecule has 0 atom stereocenters. The highest BCUT2D eigenvalue weighted by Gasteiger charge is 2.13. The number of nitrogens with zero attached hydrogens (tertiary/aromatic N) is 1. The number of carbonyl (C=O) groups excluding carboxylic acids is 1. The van der Waals surface area contributed by atoms with E-state index in [1.54, 1.807) is 12.1 Å². The summed E-state index contributed by atoms with van der Waals surface area (Å²) < 4.78 is 13.9. The summed E-state index contributed by atoms with van der Waals surface area (Å²) in [6.45, 7) is 0. The van der Waals surface area contributed by atoms with Crippen LogP contribution in [0.25, 0.3) is 0 Å². The van der Waals surface area contributed by atoms with Gasteiger partial charge in [0.25, 0.3) is 5.91 Å². The second kappa shape index (κ2) is 5.46. The Balaban J connectivity index is 2.25. The number of benzene rings is 1. The summed E-state index contributed by atoms with van der Waals surface area (Å²) in [4.78, 5) is 15.6. The quantitative estimate of drug-likeness (QED) is 0.849. The molecule has 0 aliphatic rings. The highest BCUT2D eigenvalue weighted by Crippen LogP contribution is 2.20. The Kier molecular flexibility index (Phi) is 3.93. The lowest BCUT2D eigenvalue weighted by molar-refractivity contribution is 0.102. The summed E-state index contributed by atoms with van der Waals surface area (Å²) in [5.41, 5.74) is 0.414. The van der Waals surface area contributed by atoms with E-state index in [0.29, 0.717) is 5.69 Å². The highest BCUT2D eigenvalue weighted by atomic mass is 79.9. The molecule has 0 saturated heterocycles. The van der Waals surface area contributed by atoms with E-state index < -0.39 is 11.7 Å². The molecule has 0 fully saturated rings. The van der Waals surface area contributed by atoms with Crippen molar-refractivity contribution >= 4 is 39.1 Å². The summed E-state index contributed by atoms with van der Waals surface area (Å²) in [6, 6.07) is 7.56. The Morgan fingerprint density at radius 1 is 1.39 bits per heavy atom. The van der Waals surface area contributed by atoms with E-state index in [9.17, 15) is 9.18 Å². The number of halogens is 3. The number of nitrogens with one attached hydrogen (secondary N) is 1. The molecule has 0 saturated carbocycles. The summed E-state index contributed by atoms with van der Waals surface area (Å²) in [5, 5.41) is 2.80. The van der Waals surface area contributed by atoms with E-state index in [2.05, 4.69) is 26.2 Å². The van der Waals surface area contributed by atoms with Crippen LogP contribution in [0.5, 0.6) is 0 Å². The van der Waals surface area contributed by atoms with Crippen molar-refractivity contribution < 1.29 is 9.18 Å². The first-order valence-electron chi connectivity index (χ1n) is 4.95. The molecule has 0 aliphatic carbocycles. The van der Waals surface area contributed by atoms with Crippen LogP contribution in [-0.4, -0.2) is 10.9 Å². The monoisotopic (exact) mass is 328 g/mol. The lowest BCUT2D eigenvalue weighted by Crippen LogP contribution is -2.14. The Morgan fingerprint density at radius 2 is 2.17 bits per heavy atom. The van der Waals surface area contributed by atoms with Crippen molar-refractivity contribution in [2.24, 2.45) is 0 Å². The normalized spacial score (nSPS) is 10.2. The molecular weight excluding hydrogens is 322 g/mol. The molecule has 1 aromatic heterocycles. The van der Waals surface area contributed by atoms with Crippen LogP contribution >= 0.6 is 27.5 Å². The minimum atomic E-state index is -0.602. The van der Waals surface area contributed by atoms with E-state index >= 15 is 0 Å². The number of carbonyl (C=O) groups is 1. The molecule has 18 heavy (non-hydrogen) atoms. The molecule has 1 N–H and O–H groups in total. The van der Waals surface area contributed by atoms with Crippen molar-refractivity contribution in [1.29, 1.82) is 0 Å². The molecule has 0 bridgehead atoms. The Labute approximate surface area is 116 Å². The van der Waals surface area contributed by atoms with Gasteiger partial charge in [-0.25, -0.2) is 9.37 Å². The fourth-order valence-corrected chi connectivity index (χ4v) is 1.90. The van der Waals surface area contributed by atoms with Crippen LogP contribution in [-0.2, 0) is 0 Å². The van der Waals surface area contributed by atoms with Crippen LogP contribution < -0.4 is 5.32 Å². The van der Waals surface area contributed by atoms with Crippen LogP contribution in [0.1, 0.15) is 10.4 Å². The van der Waals surface area contributed by atoms with E-state index in [-0.39, 0.29) is 15.2 Å². The number of amides is 1. The molecule has 3 nitrogen and oxygen atoms in total. The van der Waals surface area contributed by atoms with E-state index in [0.717, 1.165) is 0 Å². The first-order valence-corrected chi connectivity index (χ1v) is 6.12. The standard InChI is InChI=1S/C12H7BrClFN2O/c13-9-3-1-2-8(11(9)15)12(18)17-7-4-5-16-10(14)6-7/h1-6H,(H,16,17,18). The molecule has 1 amide bonds. The van der Waals surface area contributed by atoms with Crippen LogP contribution in [0.4, 0.5) is 10.1 Å². The van der Waals surface area contributed by atoms with Gasteiger partial charge in [-0.3, -0.25) is 4.79 Å². The molecule has 0 radical (unpaired) electrons. The number of hydrogen-bond donors (Lipinski definition) is 1. The zero-order valence-corrected chi connectivity index (χ0v) is 11.3. The van der Waals surface area contributed by atoms with Gasteiger partial charge in [0, 0.05) is 11.9 Å². The predicted octanol–water partition coefficient (Wildman–Crippen LogP) is 3.89. The first-order chi connectivity index (χ1) is 8.58. The number of hydrogen-bond acceptors (Lipinski definition) is 2. The summed E-state index contributed by atoms with van der Waals surface area (Å²) in [7, 11) is 0. The average molecular weight is 330 g/mol. The van der Waals surface area contributed by atoms with Crippen molar-refractivity contribution in [3.05, 3.63) is 57.5 Å². The van der Waals surface area contributed by atoms with Gasteiger partial charge in [0.2, 0.25) is 0 Å². The minimum absolute atomic E-state index is 0.0442. The number of pyridine rings is 1. The third-order valence-electron chi connectivity index (χ3n) is 2.18. The number of anilines is 1. The van der Waals surface area contributed by atoms with Gasteiger partial charge in [0.15, 0.2) is 0 Å². The van der Waals surface area contributed by atoms with Crippen molar-refractivity contribution in [2.45, 2.75) is 0 Å². The summed E-state index contributed by atoms with van der Waals surface area (Å²) in [5.74, 6) is -1.15. The van der Waals surface area contributed by atoms with Crippen molar-refractivity contribution in [1.82, 2.24) is 4.98 Å². The van der Waals surface area contributed by atoms with Crippen molar-refractivity contribution in [2.75, 3.05) is 5.32 Å². The number of aromatic nitrogens is 1. The summed E-state index contributed by atoms with van der Waals surface area (Å²) in [6.07, 6.45) is 1.45. The van der Waals surface area contributed by atoms with Crippen LogP contribution in [0, 0.1) is 5.82 Å². The van der Waals surface area contributed by atoms with Gasteiger partial charge < -0.3 is 5.32 Å². The SMILES string of the molecule is O=C(Nc1ccnc(Cl)c1)c1cccc(Br)c1F. The molecule has 0 unspecified atom stereocenters. The highest BCUT2D eigenvalue weighted by molar-refractivity contribution is 9.10. The van der Waals surface area contributed by atoms with Gasteiger partial charge in [-0.15, -0.1) is 0 Å². The molecule has 1 aromatic carbocycles. The minimum Gasteiger partial charge on any atom is -0.322 e. The predicted molar refractivity (Wildman–Crippen MR) is 71.3 cm³/mol. The Bertz CT molecular complexity index is 606. The van der Waals surface area contributed by atoms with E-state index in [1.165, 1.54) is 24.4 Å². The zero-order chi connectivity index (χ0) is 13.1. The van der Waals surface area contributed by atoms with Gasteiger partial charge >= 0.3 is 0 Å². The van der Waals surface area contributed by atoms with Crippen LogP contribution in [0.2, 0.25) is 5.15 Å². The maximum atomic E-state index is 13.7. The average Bonchev–Trinajstić information content (AvgIpc) is 2.32. The zero-order valence-electron chi connectivity index (χ0n) is 8.95. The van der Waals surface area contributed by atoms with Gasteiger partial charge in [0.1, 0.15) is 11.0 Å². The summed E-state index contributed by atoms with van der Waals surface area (Å²) >= 11 is 8.71. The van der Waals surface area contributed by atoms with E-state index in [4.69, 9.17) is 11.6 Å². The van der Waals surface area contributed by atoms with Crippen molar-refractivity contribution in [3.8, 4) is 0 Å². The molecule has 0 spiro atoms. The van der Waals surface area contributed by atoms with Crippen molar-refractivity contribution in [3.63, 3.8) is 0 Å². The largest absolute Gasteiger partial charge is 0.322 e. The third-order valence-corrected chi connectivity index (χ3v) is 3.00. The smallest absolute Gasteiger partial charge is 0.258 e. The van der Waals surface area contributed by atoms with Gasteiger partial charge in [-0.2, -0.15) is 0 Å². The van der Waals surface area contributed by atoms with E-state index in [1.807, 2.05) is 0 Å². The number of rotatable bonds is 2. The molecule has 1 heterocycles. The van der Waals surface area contributed by atoms with Crippen LogP contribution in [0.15, 0.2) is 41.0 Å². The first kappa shape index (κ1) is 13.0.